The lowest BCUT2D eigenvalue weighted by Crippen LogP contribution is -2.72. The van der Waals surface area contributed by atoms with Crippen molar-refractivity contribution in [3.8, 4) is 0 Å². The summed E-state index contributed by atoms with van der Waals surface area (Å²) in [7, 11) is 0. The largest absolute Gasteiger partial charge is 0.391 e. The Morgan fingerprint density at radius 2 is 2.18 bits per heavy atom. The zero-order valence-electron chi connectivity index (χ0n) is 6.55. The summed E-state index contributed by atoms with van der Waals surface area (Å²) >= 11 is 6.00. The van der Waals surface area contributed by atoms with E-state index in [0.717, 1.165) is 19.3 Å². The van der Waals surface area contributed by atoms with Crippen LogP contribution in [0.4, 0.5) is 0 Å². The Hall–Kier alpha value is 0.210. The van der Waals surface area contributed by atoms with Crippen LogP contribution >= 0.6 is 11.6 Å². The lowest BCUT2D eigenvalue weighted by atomic mass is 9.60. The van der Waals surface area contributed by atoms with Crippen LogP contribution in [0.1, 0.15) is 26.2 Å². The van der Waals surface area contributed by atoms with Gasteiger partial charge in [0.1, 0.15) is 0 Å². The molecule has 3 heteroatoms. The predicted octanol–water partition coefficient (Wildman–Crippen LogP) is 0.890. The molecule has 2 aliphatic carbocycles. The molecule has 0 aromatic heterocycles. The number of fused-ring (bicyclic) bond motifs is 1. The molecule has 0 spiro atoms. The van der Waals surface area contributed by atoms with Crippen molar-refractivity contribution in [2.45, 2.75) is 42.8 Å². The Kier molecular flexibility index (Phi) is 1.37. The van der Waals surface area contributed by atoms with E-state index in [0.29, 0.717) is 0 Å². The van der Waals surface area contributed by atoms with Crippen LogP contribution in [-0.2, 0) is 0 Å². The van der Waals surface area contributed by atoms with Crippen molar-refractivity contribution < 1.29 is 10.2 Å². The molecule has 2 rings (SSSR count). The molecule has 0 aromatic carbocycles. The summed E-state index contributed by atoms with van der Waals surface area (Å²) in [5.74, 6) is 0.0324. The maximum atomic E-state index is 9.96. The van der Waals surface area contributed by atoms with Crippen molar-refractivity contribution in [1.29, 1.82) is 0 Å². The number of aliphatic hydroxyl groups excluding tert-OH is 1. The third-order valence-corrected chi connectivity index (χ3v) is 4.02. The number of alkyl halides is 1. The van der Waals surface area contributed by atoms with Gasteiger partial charge >= 0.3 is 0 Å². The van der Waals surface area contributed by atoms with E-state index >= 15 is 0 Å². The summed E-state index contributed by atoms with van der Waals surface area (Å²) in [5, 5.41) is 19.5. The standard InChI is InChI=1S/C8H13ClO2/c1-7(9)6(10)5-3-2-4-8(5,7)11/h5-6,10-11H,2-4H2,1H3. The first kappa shape index (κ1) is 7.84. The molecule has 0 saturated heterocycles. The van der Waals surface area contributed by atoms with Crippen LogP contribution in [0.5, 0.6) is 0 Å². The van der Waals surface area contributed by atoms with Crippen molar-refractivity contribution in [1.82, 2.24) is 0 Å². The molecule has 4 atom stereocenters. The van der Waals surface area contributed by atoms with Gasteiger partial charge in [-0.2, -0.15) is 0 Å². The van der Waals surface area contributed by atoms with Gasteiger partial charge in [0, 0.05) is 5.92 Å². The zero-order chi connectivity index (χ0) is 8.28. The van der Waals surface area contributed by atoms with E-state index in [-0.39, 0.29) is 5.92 Å². The molecule has 4 unspecified atom stereocenters. The van der Waals surface area contributed by atoms with Crippen LogP contribution in [0.25, 0.3) is 0 Å². The summed E-state index contributed by atoms with van der Waals surface area (Å²) in [6.07, 6.45) is 2.13. The smallest absolute Gasteiger partial charge is 0.0969 e. The molecule has 11 heavy (non-hydrogen) atoms. The molecule has 2 aliphatic rings. The Morgan fingerprint density at radius 3 is 2.73 bits per heavy atom. The minimum absolute atomic E-state index is 0.0324. The third-order valence-electron chi connectivity index (χ3n) is 3.47. The lowest BCUT2D eigenvalue weighted by Gasteiger charge is -2.57. The fraction of sp³-hybridized carbons (Fsp3) is 1.00. The van der Waals surface area contributed by atoms with Gasteiger partial charge in [-0.05, 0) is 19.8 Å². The second-order valence-corrected chi connectivity index (χ2v) is 4.73. The maximum Gasteiger partial charge on any atom is 0.0969 e. The minimum atomic E-state index is -0.797. The second-order valence-electron chi connectivity index (χ2n) is 3.94. The molecule has 0 heterocycles. The van der Waals surface area contributed by atoms with Gasteiger partial charge < -0.3 is 10.2 Å². The molecule has 64 valence electrons. The van der Waals surface area contributed by atoms with Crippen LogP contribution in [0.3, 0.4) is 0 Å². The minimum Gasteiger partial charge on any atom is -0.391 e. The SMILES string of the molecule is CC1(Cl)C(O)C2CCCC21O. The van der Waals surface area contributed by atoms with Crippen molar-refractivity contribution in [3.63, 3.8) is 0 Å². The van der Waals surface area contributed by atoms with E-state index in [1.807, 2.05) is 0 Å². The summed E-state index contributed by atoms with van der Waals surface area (Å²) < 4.78 is 0. The van der Waals surface area contributed by atoms with Gasteiger partial charge in [-0.3, -0.25) is 0 Å². The molecular formula is C8H13ClO2. The van der Waals surface area contributed by atoms with Gasteiger partial charge in [0.05, 0.1) is 16.6 Å². The van der Waals surface area contributed by atoms with Gasteiger partial charge in [-0.1, -0.05) is 6.42 Å². The fourth-order valence-electron chi connectivity index (χ4n) is 2.58. The van der Waals surface area contributed by atoms with Crippen molar-refractivity contribution in [2.24, 2.45) is 5.92 Å². The molecule has 2 nitrogen and oxygen atoms in total. The van der Waals surface area contributed by atoms with E-state index in [2.05, 4.69) is 0 Å². The topological polar surface area (TPSA) is 40.5 Å². The van der Waals surface area contributed by atoms with Gasteiger partial charge in [-0.15, -0.1) is 11.6 Å². The highest BCUT2D eigenvalue weighted by Crippen LogP contribution is 2.59. The summed E-state index contributed by atoms with van der Waals surface area (Å²) in [6, 6.07) is 0. The normalized spacial score (nSPS) is 62.2. The Labute approximate surface area is 71.2 Å². The first-order valence-electron chi connectivity index (χ1n) is 4.09. The Bertz CT molecular complexity index is 193. The van der Waals surface area contributed by atoms with E-state index in [9.17, 15) is 10.2 Å². The number of hydrogen-bond donors (Lipinski definition) is 2. The van der Waals surface area contributed by atoms with E-state index < -0.39 is 16.6 Å². The summed E-state index contributed by atoms with van der Waals surface area (Å²) in [6.45, 7) is 1.72. The van der Waals surface area contributed by atoms with Gasteiger partial charge in [0.2, 0.25) is 0 Å². The molecule has 2 saturated carbocycles. The van der Waals surface area contributed by atoms with Crippen molar-refractivity contribution >= 4 is 11.6 Å². The highest BCUT2D eigenvalue weighted by Gasteiger charge is 2.69. The maximum absolute atomic E-state index is 9.96. The van der Waals surface area contributed by atoms with Gasteiger partial charge in [0.15, 0.2) is 0 Å². The second kappa shape index (κ2) is 1.93. The quantitative estimate of drug-likeness (QED) is 0.539. The molecule has 0 aliphatic heterocycles. The third kappa shape index (κ3) is 0.663. The van der Waals surface area contributed by atoms with Gasteiger partial charge in [-0.25, -0.2) is 0 Å². The first-order chi connectivity index (χ1) is 5.00. The molecule has 0 radical (unpaired) electrons. The van der Waals surface area contributed by atoms with Crippen LogP contribution in [-0.4, -0.2) is 26.8 Å². The van der Waals surface area contributed by atoms with Crippen molar-refractivity contribution in [3.05, 3.63) is 0 Å². The number of halogens is 1. The van der Waals surface area contributed by atoms with E-state index in [1.165, 1.54) is 0 Å². The zero-order valence-corrected chi connectivity index (χ0v) is 7.30. The number of rotatable bonds is 0. The molecule has 0 amide bonds. The van der Waals surface area contributed by atoms with Crippen LogP contribution in [0.15, 0.2) is 0 Å². The molecule has 0 aromatic rings. The predicted molar refractivity (Wildman–Crippen MR) is 42.6 cm³/mol. The van der Waals surface area contributed by atoms with Crippen molar-refractivity contribution in [2.75, 3.05) is 0 Å². The molecule has 2 N–H and O–H groups in total. The van der Waals surface area contributed by atoms with E-state index in [4.69, 9.17) is 11.6 Å². The first-order valence-corrected chi connectivity index (χ1v) is 4.47. The van der Waals surface area contributed by atoms with Crippen LogP contribution in [0.2, 0.25) is 0 Å². The monoisotopic (exact) mass is 176 g/mol. The number of aliphatic hydroxyl groups is 2. The molecule has 0 bridgehead atoms. The number of hydrogen-bond acceptors (Lipinski definition) is 2. The highest BCUT2D eigenvalue weighted by atomic mass is 35.5. The average molecular weight is 177 g/mol. The van der Waals surface area contributed by atoms with E-state index in [1.54, 1.807) is 6.92 Å². The van der Waals surface area contributed by atoms with Gasteiger partial charge in [0.25, 0.3) is 0 Å². The fourth-order valence-corrected chi connectivity index (χ4v) is 2.97. The molecular weight excluding hydrogens is 164 g/mol. The average Bonchev–Trinajstić information content (AvgIpc) is 2.30. The highest BCUT2D eigenvalue weighted by molar-refractivity contribution is 6.26. The summed E-state index contributed by atoms with van der Waals surface area (Å²) in [4.78, 5) is -0.797. The van der Waals surface area contributed by atoms with Crippen LogP contribution in [0, 0.1) is 5.92 Å². The van der Waals surface area contributed by atoms with Crippen LogP contribution < -0.4 is 0 Å². The Balaban J connectivity index is 2.29. The summed E-state index contributed by atoms with van der Waals surface area (Å²) in [5.41, 5.74) is -0.784. The molecule has 2 fully saturated rings. The Morgan fingerprint density at radius 1 is 1.55 bits per heavy atom. The lowest BCUT2D eigenvalue weighted by molar-refractivity contribution is -0.188.